The van der Waals surface area contributed by atoms with E-state index in [1.54, 1.807) is 25.3 Å². The average molecular weight is 481 g/mol. The fraction of sp³-hybridized carbons (Fsp3) is 0.103. The van der Waals surface area contributed by atoms with Crippen LogP contribution in [0, 0.1) is 0 Å². The van der Waals surface area contributed by atoms with Gasteiger partial charge in [0.15, 0.2) is 0 Å². The quantitative estimate of drug-likeness (QED) is 0.359. The lowest BCUT2D eigenvalue weighted by Gasteiger charge is -2.11. The molecule has 0 aliphatic carbocycles. The molecule has 1 heterocycles. The maximum absolute atomic E-state index is 12.9. The minimum atomic E-state index is -0.186. The monoisotopic (exact) mass is 480 g/mol. The fourth-order valence-corrected chi connectivity index (χ4v) is 5.03. The van der Waals surface area contributed by atoms with Crippen molar-refractivity contribution >= 4 is 29.3 Å². The van der Waals surface area contributed by atoms with Gasteiger partial charge in [0, 0.05) is 21.9 Å². The normalized spacial score (nSPS) is 12.1. The van der Waals surface area contributed by atoms with E-state index < -0.39 is 0 Å². The first-order valence-corrected chi connectivity index (χ1v) is 12.1. The molecular weight excluding hydrogens is 456 g/mol. The lowest BCUT2D eigenvalue weighted by Crippen LogP contribution is -2.23. The molecule has 35 heavy (non-hydrogen) atoms. The van der Waals surface area contributed by atoms with Crippen LogP contribution >= 0.6 is 11.8 Å². The van der Waals surface area contributed by atoms with Gasteiger partial charge in [0.25, 0.3) is 11.8 Å². The molecule has 5 rings (SSSR count). The Bertz CT molecular complexity index is 1400. The van der Waals surface area contributed by atoms with Crippen LogP contribution in [0.2, 0.25) is 0 Å². The van der Waals surface area contributed by atoms with Gasteiger partial charge in [-0.15, -0.1) is 0 Å². The summed E-state index contributed by atoms with van der Waals surface area (Å²) in [5.74, 6) is 0.484. The highest BCUT2D eigenvalue weighted by Gasteiger charge is 2.20. The number of benzene rings is 4. The van der Waals surface area contributed by atoms with Crippen LogP contribution in [0.25, 0.3) is 0 Å². The summed E-state index contributed by atoms with van der Waals surface area (Å²) in [6, 6.07) is 29.1. The van der Waals surface area contributed by atoms with Crippen LogP contribution in [0.15, 0.2) is 101 Å². The number of hydrogen-bond donors (Lipinski definition) is 2. The zero-order valence-corrected chi connectivity index (χ0v) is 20.0. The van der Waals surface area contributed by atoms with Crippen molar-refractivity contribution in [2.24, 2.45) is 0 Å². The van der Waals surface area contributed by atoms with Gasteiger partial charge in [-0.05, 0) is 65.6 Å². The zero-order chi connectivity index (χ0) is 24.2. The molecule has 2 amide bonds. The second-order valence-electron chi connectivity index (χ2n) is 8.29. The van der Waals surface area contributed by atoms with Gasteiger partial charge in [-0.1, -0.05) is 60.3 Å². The lowest BCUT2D eigenvalue weighted by atomic mass is 10.0. The highest BCUT2D eigenvalue weighted by molar-refractivity contribution is 7.99. The smallest absolute Gasteiger partial charge is 0.256 e. The molecule has 1 aliphatic heterocycles. The van der Waals surface area contributed by atoms with Crippen LogP contribution in [-0.4, -0.2) is 18.9 Å². The van der Waals surface area contributed by atoms with E-state index in [1.165, 1.54) is 22.9 Å². The molecule has 0 saturated carbocycles. The van der Waals surface area contributed by atoms with Crippen LogP contribution in [0.5, 0.6) is 5.75 Å². The number of carbonyl (C=O) groups excluding carboxylic acids is 2. The minimum absolute atomic E-state index is 0.168. The molecular formula is C29H24N2O3S. The van der Waals surface area contributed by atoms with Crippen LogP contribution in [0.4, 0.5) is 5.69 Å². The van der Waals surface area contributed by atoms with Crippen LogP contribution < -0.4 is 15.4 Å². The van der Waals surface area contributed by atoms with Gasteiger partial charge >= 0.3 is 0 Å². The Morgan fingerprint density at radius 1 is 0.857 bits per heavy atom. The van der Waals surface area contributed by atoms with E-state index >= 15 is 0 Å². The molecule has 4 aromatic carbocycles. The number of fused-ring (bicyclic) bond motifs is 2. The van der Waals surface area contributed by atoms with Crippen molar-refractivity contribution in [2.45, 2.75) is 22.8 Å². The summed E-state index contributed by atoms with van der Waals surface area (Å²) in [5, 5.41) is 5.94. The molecule has 5 nitrogen and oxygen atoms in total. The Balaban J connectivity index is 1.25. The van der Waals surface area contributed by atoms with E-state index in [2.05, 4.69) is 34.9 Å². The molecule has 174 valence electrons. The van der Waals surface area contributed by atoms with Crippen LogP contribution in [0.1, 0.15) is 37.4 Å². The molecule has 1 aliphatic rings. The Morgan fingerprint density at radius 2 is 1.66 bits per heavy atom. The van der Waals surface area contributed by atoms with Crippen molar-refractivity contribution in [2.75, 3.05) is 12.4 Å². The number of ether oxygens (including phenoxy) is 1. The summed E-state index contributed by atoms with van der Waals surface area (Å²) in [6.45, 7) is 0.416. The first-order valence-electron chi connectivity index (χ1n) is 11.3. The van der Waals surface area contributed by atoms with Gasteiger partial charge < -0.3 is 15.4 Å². The Kier molecular flexibility index (Phi) is 6.55. The van der Waals surface area contributed by atoms with Crippen molar-refractivity contribution in [1.29, 1.82) is 0 Å². The first-order chi connectivity index (χ1) is 17.1. The second-order valence-corrected chi connectivity index (χ2v) is 9.37. The van der Waals surface area contributed by atoms with E-state index in [0.717, 1.165) is 27.5 Å². The molecule has 0 atom stereocenters. The third-order valence-electron chi connectivity index (χ3n) is 5.85. The number of rotatable bonds is 6. The van der Waals surface area contributed by atoms with Crippen molar-refractivity contribution in [3.05, 3.63) is 119 Å². The van der Waals surface area contributed by atoms with E-state index in [0.29, 0.717) is 23.4 Å². The summed E-state index contributed by atoms with van der Waals surface area (Å²) in [5.41, 5.74) is 5.17. The van der Waals surface area contributed by atoms with E-state index in [-0.39, 0.29) is 11.8 Å². The van der Waals surface area contributed by atoms with Gasteiger partial charge in [0.05, 0.1) is 18.4 Å². The summed E-state index contributed by atoms with van der Waals surface area (Å²) >= 11 is 1.52. The maximum Gasteiger partial charge on any atom is 0.256 e. The van der Waals surface area contributed by atoms with Crippen molar-refractivity contribution in [3.8, 4) is 5.75 Å². The summed E-state index contributed by atoms with van der Waals surface area (Å²) in [4.78, 5) is 27.3. The van der Waals surface area contributed by atoms with E-state index in [1.807, 2.05) is 48.5 Å². The molecule has 0 radical (unpaired) electrons. The third-order valence-corrected chi connectivity index (χ3v) is 7.01. The van der Waals surface area contributed by atoms with Gasteiger partial charge in [-0.2, -0.15) is 0 Å². The molecule has 0 spiro atoms. The van der Waals surface area contributed by atoms with Gasteiger partial charge in [0.1, 0.15) is 5.75 Å². The number of methoxy groups -OCH3 is 1. The third kappa shape index (κ3) is 5.23. The number of nitrogens with one attached hydrogen (secondary N) is 2. The van der Waals surface area contributed by atoms with Gasteiger partial charge in [0.2, 0.25) is 0 Å². The first kappa shape index (κ1) is 22.7. The van der Waals surface area contributed by atoms with E-state index in [4.69, 9.17) is 4.74 Å². The Labute approximate surface area is 208 Å². The molecule has 4 aromatic rings. The molecule has 6 heteroatoms. The van der Waals surface area contributed by atoms with Gasteiger partial charge in [-0.25, -0.2) is 0 Å². The van der Waals surface area contributed by atoms with Crippen LogP contribution in [-0.2, 0) is 13.0 Å². The standard InChI is InChI=1S/C29H24N2O3S/c1-34-23-12-9-19(10-13-23)15-20-5-4-6-21(16-20)18-30-28(32)22-11-14-27-25(17-22)31-29(33)24-7-2-3-8-26(24)35-27/h2-14,16-17H,15,18H2,1H3,(H,30,32)(H,31,33). The molecule has 0 unspecified atom stereocenters. The highest BCUT2D eigenvalue weighted by Crippen LogP contribution is 2.39. The topological polar surface area (TPSA) is 67.4 Å². The van der Waals surface area contributed by atoms with E-state index in [9.17, 15) is 9.59 Å². The second kappa shape index (κ2) is 10.1. The predicted molar refractivity (Wildman–Crippen MR) is 138 cm³/mol. The molecule has 0 aromatic heterocycles. The SMILES string of the molecule is COc1ccc(Cc2cccc(CNC(=O)c3ccc4c(c3)NC(=O)c3ccccc3S4)c2)cc1. The fourth-order valence-electron chi connectivity index (χ4n) is 4.02. The number of anilines is 1. The van der Waals surface area contributed by atoms with Gasteiger partial charge in [-0.3, -0.25) is 9.59 Å². The molecule has 0 fully saturated rings. The highest BCUT2D eigenvalue weighted by atomic mass is 32.2. The lowest BCUT2D eigenvalue weighted by molar-refractivity contribution is 0.0949. The average Bonchev–Trinajstić information content (AvgIpc) is 3.03. The summed E-state index contributed by atoms with van der Waals surface area (Å²) in [6.07, 6.45) is 0.802. The van der Waals surface area contributed by atoms with Crippen molar-refractivity contribution in [1.82, 2.24) is 5.32 Å². The Morgan fingerprint density at radius 3 is 2.49 bits per heavy atom. The number of hydrogen-bond acceptors (Lipinski definition) is 4. The molecule has 2 N–H and O–H groups in total. The summed E-state index contributed by atoms with van der Waals surface area (Å²) in [7, 11) is 1.66. The summed E-state index contributed by atoms with van der Waals surface area (Å²) < 4.78 is 5.22. The van der Waals surface area contributed by atoms with Crippen molar-refractivity contribution < 1.29 is 14.3 Å². The predicted octanol–water partition coefficient (Wildman–Crippen LogP) is 5.93. The number of carbonyl (C=O) groups is 2. The zero-order valence-electron chi connectivity index (χ0n) is 19.2. The van der Waals surface area contributed by atoms with Crippen molar-refractivity contribution in [3.63, 3.8) is 0 Å². The minimum Gasteiger partial charge on any atom is -0.497 e. The molecule has 0 bridgehead atoms. The maximum atomic E-state index is 12.9. The van der Waals surface area contributed by atoms with Crippen LogP contribution in [0.3, 0.4) is 0 Å². The Hall–Kier alpha value is -4.03. The molecule has 0 saturated heterocycles. The largest absolute Gasteiger partial charge is 0.497 e. The number of amides is 2.